The lowest BCUT2D eigenvalue weighted by Crippen LogP contribution is -2.39. The van der Waals surface area contributed by atoms with Crippen molar-refractivity contribution in [2.45, 2.75) is 12.5 Å². The summed E-state index contributed by atoms with van der Waals surface area (Å²) in [7, 11) is 1.53. The predicted octanol–water partition coefficient (Wildman–Crippen LogP) is 2.38. The molecular formula is C16H17ClN2O3. The number of benzene rings is 1. The van der Waals surface area contributed by atoms with Crippen LogP contribution in [-0.4, -0.2) is 29.7 Å². The maximum Gasteiger partial charge on any atom is 0.269 e. The molecule has 1 aromatic carbocycles. The third-order valence-electron chi connectivity index (χ3n) is 3.25. The van der Waals surface area contributed by atoms with Gasteiger partial charge in [0.25, 0.3) is 5.91 Å². The zero-order valence-electron chi connectivity index (χ0n) is 12.3. The third-order valence-corrected chi connectivity index (χ3v) is 3.58. The minimum Gasteiger partial charge on any atom is -0.495 e. The van der Waals surface area contributed by atoms with Crippen molar-refractivity contribution in [3.8, 4) is 5.75 Å². The van der Waals surface area contributed by atoms with Crippen molar-refractivity contribution in [2.75, 3.05) is 13.7 Å². The van der Waals surface area contributed by atoms with Crippen molar-refractivity contribution in [1.29, 1.82) is 0 Å². The summed E-state index contributed by atoms with van der Waals surface area (Å²) >= 11 is 6.08. The molecule has 5 nitrogen and oxygen atoms in total. The van der Waals surface area contributed by atoms with Crippen LogP contribution in [0.15, 0.2) is 42.6 Å². The van der Waals surface area contributed by atoms with Crippen LogP contribution in [0.4, 0.5) is 0 Å². The first-order valence-corrected chi connectivity index (χ1v) is 7.07. The van der Waals surface area contributed by atoms with Gasteiger partial charge in [-0.2, -0.15) is 0 Å². The van der Waals surface area contributed by atoms with Crippen LogP contribution < -0.4 is 10.1 Å². The molecule has 0 fully saturated rings. The molecule has 0 aliphatic carbocycles. The normalized spacial score (nSPS) is 13.3. The van der Waals surface area contributed by atoms with E-state index in [0.29, 0.717) is 16.3 Å². The molecule has 0 bridgehead atoms. The summed E-state index contributed by atoms with van der Waals surface area (Å²) in [5, 5.41) is 13.6. The van der Waals surface area contributed by atoms with E-state index in [9.17, 15) is 9.90 Å². The molecule has 1 atom stereocenters. The lowest BCUT2D eigenvalue weighted by Gasteiger charge is -2.25. The summed E-state index contributed by atoms with van der Waals surface area (Å²) in [6.45, 7) is 1.61. The monoisotopic (exact) mass is 320 g/mol. The number of carbonyl (C=O) groups is 1. The molecule has 0 spiro atoms. The highest BCUT2D eigenvalue weighted by Crippen LogP contribution is 2.27. The van der Waals surface area contributed by atoms with Gasteiger partial charge in [-0.15, -0.1) is 0 Å². The van der Waals surface area contributed by atoms with E-state index >= 15 is 0 Å². The molecule has 0 aliphatic rings. The van der Waals surface area contributed by atoms with Crippen LogP contribution in [0.3, 0.4) is 0 Å². The van der Waals surface area contributed by atoms with E-state index in [1.165, 1.54) is 13.3 Å². The molecule has 116 valence electrons. The van der Waals surface area contributed by atoms with Gasteiger partial charge < -0.3 is 15.2 Å². The maximum absolute atomic E-state index is 12.0. The number of hydrogen-bond acceptors (Lipinski definition) is 4. The van der Waals surface area contributed by atoms with Crippen molar-refractivity contribution in [1.82, 2.24) is 10.3 Å². The van der Waals surface area contributed by atoms with Gasteiger partial charge in [-0.1, -0.05) is 29.8 Å². The molecule has 1 amide bonds. The summed E-state index contributed by atoms with van der Waals surface area (Å²) in [5.41, 5.74) is -0.476. The Hall–Kier alpha value is -2.11. The largest absolute Gasteiger partial charge is 0.495 e. The number of halogens is 1. The van der Waals surface area contributed by atoms with E-state index in [-0.39, 0.29) is 18.1 Å². The van der Waals surface area contributed by atoms with Gasteiger partial charge in [0.05, 0.1) is 19.9 Å². The summed E-state index contributed by atoms with van der Waals surface area (Å²) in [6.07, 6.45) is 1.46. The van der Waals surface area contributed by atoms with Gasteiger partial charge in [-0.25, -0.2) is 4.98 Å². The second-order valence-corrected chi connectivity index (χ2v) is 5.43. The smallest absolute Gasteiger partial charge is 0.269 e. The molecule has 2 aromatic rings. The molecule has 1 aromatic heterocycles. The number of carbonyl (C=O) groups excluding carboxylic acids is 1. The molecule has 1 heterocycles. The Bertz CT molecular complexity index is 657. The number of aromatic nitrogens is 1. The van der Waals surface area contributed by atoms with E-state index in [1.807, 2.05) is 0 Å². The molecule has 0 saturated carbocycles. The quantitative estimate of drug-likeness (QED) is 0.887. The lowest BCUT2D eigenvalue weighted by molar-refractivity contribution is 0.0526. The first kappa shape index (κ1) is 16.3. The van der Waals surface area contributed by atoms with E-state index in [2.05, 4.69) is 10.3 Å². The second-order valence-electron chi connectivity index (χ2n) is 5.02. The molecule has 6 heteroatoms. The number of aliphatic hydroxyl groups is 1. The van der Waals surface area contributed by atoms with Crippen molar-refractivity contribution >= 4 is 17.5 Å². The van der Waals surface area contributed by atoms with Crippen molar-refractivity contribution in [3.63, 3.8) is 0 Å². The molecule has 1 unspecified atom stereocenters. The summed E-state index contributed by atoms with van der Waals surface area (Å²) in [6, 6.07) is 10.2. The Morgan fingerprint density at radius 2 is 2.09 bits per heavy atom. The van der Waals surface area contributed by atoms with Crippen LogP contribution in [0.25, 0.3) is 0 Å². The standard InChI is InChI=1S/C16H17ClN2O3/c1-16(21,12-5-3-4-6-13(12)17)10-19-15(20)14-8-7-11(22-2)9-18-14/h3-9,21H,10H2,1-2H3,(H,19,20). The van der Waals surface area contributed by atoms with Crippen molar-refractivity contribution in [2.24, 2.45) is 0 Å². The van der Waals surface area contributed by atoms with Gasteiger partial charge in [0.15, 0.2) is 0 Å². The van der Waals surface area contributed by atoms with Gasteiger partial charge in [0.2, 0.25) is 0 Å². The Morgan fingerprint density at radius 1 is 1.36 bits per heavy atom. The number of methoxy groups -OCH3 is 1. The van der Waals surface area contributed by atoms with E-state index in [1.54, 1.807) is 43.3 Å². The summed E-state index contributed by atoms with van der Waals surface area (Å²) in [4.78, 5) is 16.0. The maximum atomic E-state index is 12.0. The number of nitrogens with zero attached hydrogens (tertiary/aromatic N) is 1. The summed E-state index contributed by atoms with van der Waals surface area (Å²) < 4.78 is 4.99. The van der Waals surface area contributed by atoms with E-state index in [0.717, 1.165) is 0 Å². The fourth-order valence-electron chi connectivity index (χ4n) is 1.97. The molecule has 22 heavy (non-hydrogen) atoms. The first-order chi connectivity index (χ1) is 10.4. The van der Waals surface area contributed by atoms with Crippen LogP contribution in [0.1, 0.15) is 23.0 Å². The Balaban J connectivity index is 2.04. The highest BCUT2D eigenvalue weighted by molar-refractivity contribution is 6.31. The minimum atomic E-state index is -1.28. The van der Waals surface area contributed by atoms with Gasteiger partial charge in [-0.05, 0) is 25.1 Å². The number of hydrogen-bond donors (Lipinski definition) is 2. The van der Waals surface area contributed by atoms with Crippen LogP contribution in [0.2, 0.25) is 5.02 Å². The molecule has 2 rings (SSSR count). The third kappa shape index (κ3) is 3.75. The average Bonchev–Trinajstić information content (AvgIpc) is 2.53. The average molecular weight is 321 g/mol. The van der Waals surface area contributed by atoms with Crippen LogP contribution >= 0.6 is 11.6 Å². The Kier molecular flexibility index (Phi) is 5.00. The van der Waals surface area contributed by atoms with Crippen LogP contribution in [-0.2, 0) is 5.60 Å². The molecule has 0 saturated heterocycles. The second kappa shape index (κ2) is 6.77. The Morgan fingerprint density at radius 3 is 2.68 bits per heavy atom. The minimum absolute atomic E-state index is 0.0171. The van der Waals surface area contributed by atoms with Gasteiger partial charge in [0.1, 0.15) is 17.0 Å². The van der Waals surface area contributed by atoms with Crippen LogP contribution in [0, 0.1) is 0 Å². The Labute approximate surface area is 133 Å². The zero-order valence-corrected chi connectivity index (χ0v) is 13.1. The number of nitrogens with one attached hydrogen (secondary N) is 1. The number of rotatable bonds is 5. The first-order valence-electron chi connectivity index (χ1n) is 6.69. The topological polar surface area (TPSA) is 71.5 Å². The lowest BCUT2D eigenvalue weighted by atomic mass is 9.96. The zero-order chi connectivity index (χ0) is 16.2. The van der Waals surface area contributed by atoms with Gasteiger partial charge in [0, 0.05) is 10.6 Å². The summed E-state index contributed by atoms with van der Waals surface area (Å²) in [5.74, 6) is 0.189. The van der Waals surface area contributed by atoms with Crippen LogP contribution in [0.5, 0.6) is 5.75 Å². The van der Waals surface area contributed by atoms with E-state index < -0.39 is 5.60 Å². The molecule has 2 N–H and O–H groups in total. The fourth-order valence-corrected chi connectivity index (χ4v) is 2.31. The molecular weight excluding hydrogens is 304 g/mol. The van der Waals surface area contributed by atoms with E-state index in [4.69, 9.17) is 16.3 Å². The molecule has 0 radical (unpaired) electrons. The number of amides is 1. The van der Waals surface area contributed by atoms with Gasteiger partial charge >= 0.3 is 0 Å². The van der Waals surface area contributed by atoms with Gasteiger partial charge in [-0.3, -0.25) is 4.79 Å². The van der Waals surface area contributed by atoms with Crippen molar-refractivity contribution in [3.05, 3.63) is 58.9 Å². The fraction of sp³-hybridized carbons (Fsp3) is 0.250. The van der Waals surface area contributed by atoms with Crippen molar-refractivity contribution < 1.29 is 14.6 Å². The predicted molar refractivity (Wildman–Crippen MR) is 84.1 cm³/mol. The number of pyridine rings is 1. The highest BCUT2D eigenvalue weighted by Gasteiger charge is 2.26. The SMILES string of the molecule is COc1ccc(C(=O)NCC(C)(O)c2ccccc2Cl)nc1. The highest BCUT2D eigenvalue weighted by atomic mass is 35.5. The molecule has 0 aliphatic heterocycles. The number of ether oxygens (including phenoxy) is 1.